The van der Waals surface area contributed by atoms with Gasteiger partial charge in [0.1, 0.15) is 0 Å². The van der Waals surface area contributed by atoms with E-state index in [1.165, 1.54) is 58.0 Å². The second-order valence-corrected chi connectivity index (χ2v) is 6.81. The Bertz CT molecular complexity index is 285. The van der Waals surface area contributed by atoms with Gasteiger partial charge in [-0.1, -0.05) is 6.42 Å². The molecule has 4 aliphatic rings. The Balaban J connectivity index is 1.49. The van der Waals surface area contributed by atoms with E-state index in [0.29, 0.717) is 0 Å². The van der Waals surface area contributed by atoms with Crippen LogP contribution < -0.4 is 5.32 Å². The largest absolute Gasteiger partial charge is 0.312 e. The topological polar surface area (TPSA) is 15.3 Å². The van der Waals surface area contributed by atoms with Crippen molar-refractivity contribution < 1.29 is 0 Å². The summed E-state index contributed by atoms with van der Waals surface area (Å²) >= 11 is 0. The van der Waals surface area contributed by atoms with E-state index in [9.17, 15) is 0 Å². The van der Waals surface area contributed by atoms with E-state index in [0.717, 1.165) is 30.0 Å². The number of rotatable bonds is 2. The Labute approximate surface area is 105 Å². The van der Waals surface area contributed by atoms with Gasteiger partial charge in [0.25, 0.3) is 0 Å². The van der Waals surface area contributed by atoms with E-state index < -0.39 is 0 Å². The summed E-state index contributed by atoms with van der Waals surface area (Å²) in [4.78, 5) is 2.95. The minimum atomic E-state index is 0.827. The lowest BCUT2D eigenvalue weighted by Crippen LogP contribution is -2.54. The van der Waals surface area contributed by atoms with Crippen molar-refractivity contribution in [3.8, 4) is 0 Å². The summed E-state index contributed by atoms with van der Waals surface area (Å²) in [6.07, 6.45) is 11.8. The van der Waals surface area contributed by atoms with Crippen molar-refractivity contribution in [3.05, 3.63) is 0 Å². The Morgan fingerprint density at radius 1 is 0.882 bits per heavy atom. The van der Waals surface area contributed by atoms with Gasteiger partial charge in [-0.2, -0.15) is 0 Å². The second-order valence-electron chi connectivity index (χ2n) is 6.81. The fourth-order valence-corrected chi connectivity index (χ4v) is 4.95. The molecular formula is C15H26N2. The third-order valence-corrected chi connectivity index (χ3v) is 5.89. The van der Waals surface area contributed by atoms with Crippen LogP contribution in [0.15, 0.2) is 0 Å². The van der Waals surface area contributed by atoms with Crippen LogP contribution in [-0.2, 0) is 0 Å². The maximum atomic E-state index is 3.77. The van der Waals surface area contributed by atoms with Crippen LogP contribution in [0.2, 0.25) is 0 Å². The highest BCUT2D eigenvalue weighted by molar-refractivity contribution is 5.05. The lowest BCUT2D eigenvalue weighted by Gasteiger charge is -2.43. The molecule has 5 unspecified atom stereocenters. The van der Waals surface area contributed by atoms with E-state index in [1.807, 2.05) is 0 Å². The molecule has 0 aromatic rings. The molecular weight excluding hydrogens is 208 g/mol. The molecule has 0 bridgehead atoms. The highest BCUT2D eigenvalue weighted by Gasteiger charge is 2.51. The van der Waals surface area contributed by atoms with Crippen LogP contribution >= 0.6 is 0 Å². The molecule has 2 heteroatoms. The van der Waals surface area contributed by atoms with Crippen molar-refractivity contribution in [1.29, 1.82) is 0 Å². The molecule has 1 N–H and O–H groups in total. The number of fused-ring (bicyclic) bond motifs is 1. The fourth-order valence-electron chi connectivity index (χ4n) is 4.95. The van der Waals surface area contributed by atoms with E-state index >= 15 is 0 Å². The Morgan fingerprint density at radius 3 is 2.59 bits per heavy atom. The quantitative estimate of drug-likeness (QED) is 0.789. The molecule has 4 rings (SSSR count). The number of nitrogens with zero attached hydrogens (tertiary/aromatic N) is 1. The predicted octanol–water partition coefficient (Wildman–Crippen LogP) is 2.39. The average Bonchev–Trinajstić information content (AvgIpc) is 2.83. The summed E-state index contributed by atoms with van der Waals surface area (Å²) in [6, 6.07) is 2.69. The Morgan fingerprint density at radius 2 is 1.88 bits per heavy atom. The summed E-state index contributed by atoms with van der Waals surface area (Å²) in [5.74, 6) is 2.25. The maximum Gasteiger partial charge on any atom is 0.0252 e. The molecule has 2 aliphatic heterocycles. The Kier molecular flexibility index (Phi) is 2.69. The van der Waals surface area contributed by atoms with Gasteiger partial charge < -0.3 is 5.32 Å². The highest BCUT2D eigenvalue weighted by atomic mass is 15.2. The molecule has 2 aliphatic carbocycles. The van der Waals surface area contributed by atoms with Crippen LogP contribution in [0.25, 0.3) is 0 Å². The van der Waals surface area contributed by atoms with E-state index in [-0.39, 0.29) is 0 Å². The predicted molar refractivity (Wildman–Crippen MR) is 70.0 cm³/mol. The third kappa shape index (κ3) is 1.84. The standard InChI is InChI=1S/C15H26N2/c1-2-9-17(14-7-6-11-10-12(11)14)15(5-1)13-4-3-8-16-13/h11-16H,1-10H2. The molecule has 2 saturated heterocycles. The molecule has 0 aromatic heterocycles. The average molecular weight is 234 g/mol. The third-order valence-electron chi connectivity index (χ3n) is 5.89. The molecule has 17 heavy (non-hydrogen) atoms. The van der Waals surface area contributed by atoms with Gasteiger partial charge in [-0.3, -0.25) is 4.90 Å². The van der Waals surface area contributed by atoms with E-state index in [2.05, 4.69) is 10.2 Å². The van der Waals surface area contributed by atoms with Crippen LogP contribution in [-0.4, -0.2) is 36.1 Å². The van der Waals surface area contributed by atoms with Crippen LogP contribution in [0.5, 0.6) is 0 Å². The first-order valence-corrected chi connectivity index (χ1v) is 7.92. The van der Waals surface area contributed by atoms with Crippen molar-refractivity contribution >= 4 is 0 Å². The number of likely N-dealkylation sites (tertiary alicyclic amines) is 1. The normalized spacial score (nSPS) is 50.5. The van der Waals surface area contributed by atoms with Crippen molar-refractivity contribution in [3.63, 3.8) is 0 Å². The molecule has 0 radical (unpaired) electrons. The molecule has 2 saturated carbocycles. The minimum absolute atomic E-state index is 0.827. The van der Waals surface area contributed by atoms with Gasteiger partial charge in [-0.25, -0.2) is 0 Å². The molecule has 96 valence electrons. The fraction of sp³-hybridized carbons (Fsp3) is 1.00. The smallest absolute Gasteiger partial charge is 0.0252 e. The summed E-state index contributed by atoms with van der Waals surface area (Å²) in [5.41, 5.74) is 0. The number of piperidine rings is 1. The zero-order valence-electron chi connectivity index (χ0n) is 10.9. The second kappa shape index (κ2) is 4.24. The van der Waals surface area contributed by atoms with E-state index in [1.54, 1.807) is 6.42 Å². The van der Waals surface area contributed by atoms with Gasteiger partial charge in [0, 0.05) is 18.1 Å². The van der Waals surface area contributed by atoms with Crippen LogP contribution in [0.4, 0.5) is 0 Å². The van der Waals surface area contributed by atoms with Gasteiger partial charge in [0.2, 0.25) is 0 Å². The van der Waals surface area contributed by atoms with Crippen molar-refractivity contribution in [2.24, 2.45) is 11.8 Å². The first kappa shape index (κ1) is 10.8. The van der Waals surface area contributed by atoms with Crippen molar-refractivity contribution in [2.75, 3.05) is 13.1 Å². The lowest BCUT2D eigenvalue weighted by atomic mass is 9.92. The zero-order valence-corrected chi connectivity index (χ0v) is 10.9. The number of nitrogens with one attached hydrogen (secondary N) is 1. The first-order valence-electron chi connectivity index (χ1n) is 7.92. The number of hydrogen-bond donors (Lipinski definition) is 1. The summed E-state index contributed by atoms with van der Waals surface area (Å²) < 4.78 is 0. The van der Waals surface area contributed by atoms with Crippen molar-refractivity contribution in [1.82, 2.24) is 10.2 Å². The van der Waals surface area contributed by atoms with Gasteiger partial charge >= 0.3 is 0 Å². The summed E-state index contributed by atoms with van der Waals surface area (Å²) in [5, 5.41) is 3.77. The lowest BCUT2D eigenvalue weighted by molar-refractivity contribution is 0.0656. The Hall–Kier alpha value is -0.0800. The van der Waals surface area contributed by atoms with E-state index in [4.69, 9.17) is 0 Å². The SMILES string of the molecule is C1CNC(C2CCCCN2C2CCC3CC32)C1. The minimum Gasteiger partial charge on any atom is -0.312 e. The molecule has 2 heterocycles. The van der Waals surface area contributed by atoms with Gasteiger partial charge in [-0.15, -0.1) is 0 Å². The number of hydrogen-bond acceptors (Lipinski definition) is 2. The molecule has 0 aromatic carbocycles. The summed E-state index contributed by atoms with van der Waals surface area (Å²) in [6.45, 7) is 2.67. The monoisotopic (exact) mass is 234 g/mol. The molecule has 0 amide bonds. The first-order chi connectivity index (χ1) is 8.43. The van der Waals surface area contributed by atoms with Crippen LogP contribution in [0, 0.1) is 11.8 Å². The van der Waals surface area contributed by atoms with Crippen molar-refractivity contribution in [2.45, 2.75) is 69.5 Å². The van der Waals surface area contributed by atoms with Crippen LogP contribution in [0.3, 0.4) is 0 Å². The molecule has 2 nitrogen and oxygen atoms in total. The zero-order chi connectivity index (χ0) is 11.2. The molecule has 0 spiro atoms. The molecule has 4 fully saturated rings. The summed E-state index contributed by atoms with van der Waals surface area (Å²) in [7, 11) is 0. The highest BCUT2D eigenvalue weighted by Crippen LogP contribution is 2.54. The maximum absolute atomic E-state index is 3.77. The van der Waals surface area contributed by atoms with Gasteiger partial charge in [-0.05, 0) is 69.9 Å². The van der Waals surface area contributed by atoms with Gasteiger partial charge in [0.15, 0.2) is 0 Å². The molecule has 5 atom stereocenters. The van der Waals surface area contributed by atoms with Crippen LogP contribution in [0.1, 0.15) is 51.4 Å². The van der Waals surface area contributed by atoms with Gasteiger partial charge in [0.05, 0.1) is 0 Å².